The molecule has 0 radical (unpaired) electrons. The smallest absolute Gasteiger partial charge is 0.341 e. The predicted octanol–water partition coefficient (Wildman–Crippen LogP) is 2.84. The molecule has 0 fully saturated rings. The summed E-state index contributed by atoms with van der Waals surface area (Å²) in [6.07, 6.45) is 0. The van der Waals surface area contributed by atoms with Crippen LogP contribution < -0.4 is 15.0 Å². The van der Waals surface area contributed by atoms with Crippen LogP contribution in [0.1, 0.15) is 10.4 Å². The minimum absolute atomic E-state index is 0.0369. The molecule has 0 bridgehead atoms. The molecule has 116 valence electrons. The molecular weight excluding hydrogens is 292 g/mol. The Morgan fingerprint density at radius 3 is 2.41 bits per heavy atom. The number of hydrogen-bond acceptors (Lipinski definition) is 8. The van der Waals surface area contributed by atoms with Crippen LogP contribution in [0.15, 0.2) is 23.4 Å². The molecular formula is C14H14N2O6. The lowest BCUT2D eigenvalue weighted by molar-refractivity contribution is 0.0597. The summed E-state index contributed by atoms with van der Waals surface area (Å²) < 4.78 is 15.2. The van der Waals surface area contributed by atoms with E-state index in [4.69, 9.17) is 14.2 Å². The van der Waals surface area contributed by atoms with Crippen molar-refractivity contribution in [3.05, 3.63) is 28.7 Å². The summed E-state index contributed by atoms with van der Waals surface area (Å²) in [5.74, 6) is -0.302. The highest BCUT2D eigenvalue weighted by Crippen LogP contribution is 2.45. The van der Waals surface area contributed by atoms with Crippen LogP contribution in [-0.4, -0.2) is 32.5 Å². The van der Waals surface area contributed by atoms with Crippen LogP contribution in [0.25, 0.3) is 10.8 Å². The number of fused-ring (bicyclic) bond motifs is 1. The molecule has 8 heteroatoms. The largest absolute Gasteiger partial charge is 0.496 e. The maximum atomic E-state index is 11.9. The molecule has 2 N–H and O–H groups in total. The van der Waals surface area contributed by atoms with Crippen LogP contribution in [0.5, 0.6) is 11.5 Å². The zero-order valence-corrected chi connectivity index (χ0v) is 12.2. The molecule has 0 heterocycles. The standard InChI is InChI=1S/C14H14N2O6/c1-20-10-6-7(14(17)22-3)13(21-2)12-9(16-19)5-4-8(15-18)11(10)12/h4-6,15,18H,1-3H3. The highest BCUT2D eigenvalue weighted by molar-refractivity contribution is 6.12. The molecule has 0 saturated carbocycles. The molecule has 2 rings (SSSR count). The minimum atomic E-state index is -0.656. The minimum Gasteiger partial charge on any atom is -0.496 e. The molecule has 0 atom stereocenters. The number of ether oxygens (including phenoxy) is 3. The number of methoxy groups -OCH3 is 3. The fourth-order valence-electron chi connectivity index (χ4n) is 2.28. The van der Waals surface area contributed by atoms with E-state index in [1.807, 2.05) is 5.48 Å². The Morgan fingerprint density at radius 2 is 1.91 bits per heavy atom. The number of anilines is 1. The first-order valence-corrected chi connectivity index (χ1v) is 6.16. The molecule has 22 heavy (non-hydrogen) atoms. The maximum Gasteiger partial charge on any atom is 0.341 e. The second kappa shape index (κ2) is 6.27. The second-order valence-electron chi connectivity index (χ2n) is 4.24. The van der Waals surface area contributed by atoms with Crippen LogP contribution in [0.3, 0.4) is 0 Å². The first-order chi connectivity index (χ1) is 10.6. The van der Waals surface area contributed by atoms with E-state index in [9.17, 15) is 14.9 Å². The van der Waals surface area contributed by atoms with Gasteiger partial charge in [0.05, 0.1) is 37.8 Å². The fraction of sp³-hybridized carbons (Fsp3) is 0.214. The van der Waals surface area contributed by atoms with Gasteiger partial charge in [0.25, 0.3) is 0 Å². The molecule has 8 nitrogen and oxygen atoms in total. The second-order valence-corrected chi connectivity index (χ2v) is 4.24. The van der Waals surface area contributed by atoms with E-state index in [2.05, 4.69) is 5.18 Å². The third-order valence-corrected chi connectivity index (χ3v) is 3.23. The molecule has 0 spiro atoms. The van der Waals surface area contributed by atoms with Gasteiger partial charge in [-0.2, -0.15) is 0 Å². The van der Waals surface area contributed by atoms with Crippen molar-refractivity contribution in [3.63, 3.8) is 0 Å². The van der Waals surface area contributed by atoms with Gasteiger partial charge in [0.1, 0.15) is 22.7 Å². The highest BCUT2D eigenvalue weighted by atomic mass is 16.5. The molecule has 0 aliphatic carbocycles. The Kier molecular flexibility index (Phi) is 4.42. The normalized spacial score (nSPS) is 10.2. The van der Waals surface area contributed by atoms with E-state index in [1.54, 1.807) is 0 Å². The van der Waals surface area contributed by atoms with Gasteiger partial charge in [-0.3, -0.25) is 10.7 Å². The molecule has 0 aromatic heterocycles. The van der Waals surface area contributed by atoms with Gasteiger partial charge in [-0.15, -0.1) is 4.91 Å². The lowest BCUT2D eigenvalue weighted by atomic mass is 10.0. The van der Waals surface area contributed by atoms with E-state index in [1.165, 1.54) is 39.5 Å². The average Bonchev–Trinajstić information content (AvgIpc) is 2.58. The zero-order valence-electron chi connectivity index (χ0n) is 12.2. The van der Waals surface area contributed by atoms with E-state index < -0.39 is 5.97 Å². The lowest BCUT2D eigenvalue weighted by Crippen LogP contribution is -2.06. The van der Waals surface area contributed by atoms with Crippen LogP contribution >= 0.6 is 0 Å². The number of carbonyl (C=O) groups excluding carboxylic acids is 1. The Bertz CT molecular complexity index is 744. The van der Waals surface area contributed by atoms with Crippen LogP contribution in [-0.2, 0) is 4.74 Å². The number of nitroso groups, excluding NO2 is 1. The molecule has 2 aromatic rings. The third kappa shape index (κ3) is 2.29. The van der Waals surface area contributed by atoms with Gasteiger partial charge in [-0.25, -0.2) is 4.79 Å². The fourth-order valence-corrected chi connectivity index (χ4v) is 2.28. The summed E-state index contributed by atoms with van der Waals surface area (Å²) in [6.45, 7) is 0. The first kappa shape index (κ1) is 15.5. The van der Waals surface area contributed by atoms with Crippen molar-refractivity contribution in [2.75, 3.05) is 26.8 Å². The Morgan fingerprint density at radius 1 is 1.18 bits per heavy atom. The van der Waals surface area contributed by atoms with Gasteiger partial charge in [0.15, 0.2) is 0 Å². The van der Waals surface area contributed by atoms with Gasteiger partial charge >= 0.3 is 5.97 Å². The molecule has 0 aliphatic heterocycles. The maximum absolute atomic E-state index is 11.9. The predicted molar refractivity (Wildman–Crippen MR) is 79.3 cm³/mol. The molecule has 0 amide bonds. The van der Waals surface area contributed by atoms with Gasteiger partial charge in [0, 0.05) is 0 Å². The van der Waals surface area contributed by atoms with Crippen LogP contribution in [0.4, 0.5) is 11.4 Å². The molecule has 0 aliphatic rings. The number of benzene rings is 2. The first-order valence-electron chi connectivity index (χ1n) is 6.16. The van der Waals surface area contributed by atoms with E-state index in [0.717, 1.165) is 0 Å². The van der Waals surface area contributed by atoms with Crippen molar-refractivity contribution in [1.29, 1.82) is 0 Å². The number of carbonyl (C=O) groups is 1. The number of rotatable bonds is 5. The zero-order chi connectivity index (χ0) is 16.3. The van der Waals surface area contributed by atoms with Crippen molar-refractivity contribution >= 4 is 28.1 Å². The van der Waals surface area contributed by atoms with Crippen molar-refractivity contribution in [2.24, 2.45) is 5.18 Å². The molecule has 2 aromatic carbocycles. The quantitative estimate of drug-likeness (QED) is 0.497. The topological polar surface area (TPSA) is 106 Å². The van der Waals surface area contributed by atoms with Gasteiger partial charge < -0.3 is 14.2 Å². The Hall–Kier alpha value is -2.87. The highest BCUT2D eigenvalue weighted by Gasteiger charge is 2.24. The number of nitrogens with one attached hydrogen (secondary N) is 1. The third-order valence-electron chi connectivity index (χ3n) is 3.23. The van der Waals surface area contributed by atoms with E-state index in [-0.39, 0.29) is 33.8 Å². The van der Waals surface area contributed by atoms with Crippen LogP contribution in [0.2, 0.25) is 0 Å². The Balaban J connectivity index is 3.05. The van der Waals surface area contributed by atoms with Crippen molar-refractivity contribution < 1.29 is 24.2 Å². The monoisotopic (exact) mass is 306 g/mol. The SMILES string of the molecule is COC(=O)c1cc(OC)c2c(NO)ccc(N=O)c2c1OC. The number of esters is 1. The average molecular weight is 306 g/mol. The summed E-state index contributed by atoms with van der Waals surface area (Å²) in [5.41, 5.74) is 2.40. The number of hydrogen-bond donors (Lipinski definition) is 2. The van der Waals surface area contributed by atoms with E-state index >= 15 is 0 Å². The van der Waals surface area contributed by atoms with Crippen molar-refractivity contribution in [2.45, 2.75) is 0 Å². The van der Waals surface area contributed by atoms with Crippen molar-refractivity contribution in [3.8, 4) is 11.5 Å². The molecule has 0 unspecified atom stereocenters. The molecule has 0 saturated heterocycles. The summed E-state index contributed by atoms with van der Waals surface area (Å²) in [6, 6.07) is 4.25. The van der Waals surface area contributed by atoms with Gasteiger partial charge in [0.2, 0.25) is 0 Å². The van der Waals surface area contributed by atoms with Crippen LogP contribution in [0, 0.1) is 4.91 Å². The van der Waals surface area contributed by atoms with Gasteiger partial charge in [-0.1, -0.05) is 0 Å². The van der Waals surface area contributed by atoms with E-state index in [0.29, 0.717) is 5.39 Å². The van der Waals surface area contributed by atoms with Gasteiger partial charge in [-0.05, 0) is 23.4 Å². The summed E-state index contributed by atoms with van der Waals surface area (Å²) >= 11 is 0. The van der Waals surface area contributed by atoms with Crippen molar-refractivity contribution in [1.82, 2.24) is 0 Å². The summed E-state index contributed by atoms with van der Waals surface area (Å²) in [7, 11) is 3.97. The summed E-state index contributed by atoms with van der Waals surface area (Å²) in [4.78, 5) is 23.0. The number of nitrogens with zero attached hydrogens (tertiary/aromatic N) is 1. The lowest BCUT2D eigenvalue weighted by Gasteiger charge is -2.16. The Labute approximate surface area is 125 Å². The summed E-state index contributed by atoms with van der Waals surface area (Å²) in [5, 5.41) is 12.8.